The van der Waals surface area contributed by atoms with Gasteiger partial charge in [0.05, 0.1) is 19.4 Å². The first-order chi connectivity index (χ1) is 8.78. The minimum Gasteiger partial charge on any atom is -0.350 e. The van der Waals surface area contributed by atoms with Gasteiger partial charge in [-0.2, -0.15) is 5.10 Å². The number of hydrogen-bond donors (Lipinski definition) is 1. The molecule has 0 aliphatic carbocycles. The van der Waals surface area contributed by atoms with E-state index in [-0.39, 0.29) is 6.29 Å². The highest BCUT2D eigenvalue weighted by Crippen LogP contribution is 2.13. The molecule has 2 rings (SSSR count). The van der Waals surface area contributed by atoms with Crippen LogP contribution in [0.25, 0.3) is 0 Å². The van der Waals surface area contributed by atoms with Crippen molar-refractivity contribution in [3.63, 3.8) is 0 Å². The number of hydrogen-bond acceptors (Lipinski definition) is 4. The molecule has 0 saturated carbocycles. The Bertz CT molecular complexity index is 348. The first kappa shape index (κ1) is 13.5. The molecular formula is C13H23N3O2. The van der Waals surface area contributed by atoms with Crippen molar-refractivity contribution < 1.29 is 9.47 Å². The highest BCUT2D eigenvalue weighted by atomic mass is 16.7. The highest BCUT2D eigenvalue weighted by molar-refractivity contribution is 5.06. The van der Waals surface area contributed by atoms with E-state index in [0.717, 1.165) is 39.0 Å². The third kappa shape index (κ3) is 4.08. The largest absolute Gasteiger partial charge is 0.350 e. The van der Waals surface area contributed by atoms with Crippen molar-refractivity contribution in [2.75, 3.05) is 19.8 Å². The summed E-state index contributed by atoms with van der Waals surface area (Å²) in [7, 11) is 1.95. The van der Waals surface area contributed by atoms with Crippen molar-refractivity contribution in [1.82, 2.24) is 15.1 Å². The minimum absolute atomic E-state index is 0.0453. The first-order valence-corrected chi connectivity index (χ1v) is 6.72. The molecule has 2 heterocycles. The van der Waals surface area contributed by atoms with Crippen LogP contribution in [0.2, 0.25) is 0 Å². The van der Waals surface area contributed by atoms with Crippen LogP contribution in [0.15, 0.2) is 12.4 Å². The van der Waals surface area contributed by atoms with Crippen molar-refractivity contribution in [2.24, 2.45) is 7.05 Å². The zero-order valence-electron chi connectivity index (χ0n) is 11.3. The Balaban J connectivity index is 1.86. The van der Waals surface area contributed by atoms with Gasteiger partial charge in [0, 0.05) is 25.7 Å². The molecule has 0 radical (unpaired) electrons. The monoisotopic (exact) mass is 253 g/mol. The van der Waals surface area contributed by atoms with Crippen LogP contribution in [0.3, 0.4) is 0 Å². The molecule has 0 bridgehead atoms. The van der Waals surface area contributed by atoms with Gasteiger partial charge in [-0.15, -0.1) is 0 Å². The lowest BCUT2D eigenvalue weighted by Gasteiger charge is -2.20. The van der Waals surface area contributed by atoms with Crippen LogP contribution in [0.4, 0.5) is 0 Å². The fourth-order valence-corrected chi connectivity index (χ4v) is 2.22. The number of rotatable bonds is 7. The number of aryl methyl sites for hydroxylation is 1. The standard InChI is InChI=1S/C13H23N3O2/c1-3-4-14-12(8-13-17-5-6-18-13)7-11-9-15-16(2)10-11/h9-10,12-14H,3-8H2,1-2H3. The van der Waals surface area contributed by atoms with Crippen LogP contribution in [-0.4, -0.2) is 41.9 Å². The van der Waals surface area contributed by atoms with E-state index < -0.39 is 0 Å². The predicted octanol–water partition coefficient (Wildman–Crippen LogP) is 1.09. The summed E-state index contributed by atoms with van der Waals surface area (Å²) in [5.41, 5.74) is 1.25. The van der Waals surface area contributed by atoms with Gasteiger partial charge in [0.15, 0.2) is 6.29 Å². The van der Waals surface area contributed by atoms with Crippen LogP contribution in [0.1, 0.15) is 25.3 Å². The first-order valence-electron chi connectivity index (χ1n) is 6.72. The fraction of sp³-hybridized carbons (Fsp3) is 0.769. The Labute approximate surface area is 108 Å². The van der Waals surface area contributed by atoms with Gasteiger partial charge < -0.3 is 14.8 Å². The van der Waals surface area contributed by atoms with E-state index in [1.165, 1.54) is 5.56 Å². The fourth-order valence-electron chi connectivity index (χ4n) is 2.22. The molecule has 5 heteroatoms. The Kier molecular flexibility index (Phi) is 5.16. The maximum atomic E-state index is 5.52. The Hall–Kier alpha value is -0.910. The second-order valence-corrected chi connectivity index (χ2v) is 4.78. The summed E-state index contributed by atoms with van der Waals surface area (Å²) < 4.78 is 12.9. The third-order valence-electron chi connectivity index (χ3n) is 3.09. The molecule has 1 unspecified atom stereocenters. The van der Waals surface area contributed by atoms with Gasteiger partial charge in [-0.1, -0.05) is 6.92 Å². The van der Waals surface area contributed by atoms with Gasteiger partial charge in [-0.3, -0.25) is 4.68 Å². The molecule has 1 aliphatic heterocycles. The number of ether oxygens (including phenoxy) is 2. The smallest absolute Gasteiger partial charge is 0.159 e. The second-order valence-electron chi connectivity index (χ2n) is 4.78. The molecule has 18 heavy (non-hydrogen) atoms. The second kappa shape index (κ2) is 6.87. The van der Waals surface area contributed by atoms with Crippen molar-refractivity contribution in [2.45, 2.75) is 38.5 Å². The van der Waals surface area contributed by atoms with E-state index in [4.69, 9.17) is 9.47 Å². The van der Waals surface area contributed by atoms with E-state index >= 15 is 0 Å². The molecule has 0 amide bonds. The summed E-state index contributed by atoms with van der Waals surface area (Å²) in [6.07, 6.45) is 6.95. The lowest BCUT2D eigenvalue weighted by molar-refractivity contribution is -0.0526. The molecule has 1 fully saturated rings. The molecular weight excluding hydrogens is 230 g/mol. The lowest BCUT2D eigenvalue weighted by atomic mass is 10.1. The average Bonchev–Trinajstić information content (AvgIpc) is 2.98. The van der Waals surface area contributed by atoms with E-state index in [9.17, 15) is 0 Å². The van der Waals surface area contributed by atoms with Crippen LogP contribution >= 0.6 is 0 Å². The summed E-state index contributed by atoms with van der Waals surface area (Å²) in [5, 5.41) is 7.77. The van der Waals surface area contributed by atoms with Gasteiger partial charge in [0.2, 0.25) is 0 Å². The van der Waals surface area contributed by atoms with Gasteiger partial charge in [-0.25, -0.2) is 0 Å². The molecule has 0 spiro atoms. The van der Waals surface area contributed by atoms with Crippen molar-refractivity contribution in [3.05, 3.63) is 18.0 Å². The van der Waals surface area contributed by atoms with E-state index in [0.29, 0.717) is 6.04 Å². The Morgan fingerprint density at radius 1 is 1.50 bits per heavy atom. The molecule has 0 aromatic carbocycles. The molecule has 5 nitrogen and oxygen atoms in total. The predicted molar refractivity (Wildman–Crippen MR) is 69.3 cm³/mol. The normalized spacial score (nSPS) is 18.3. The van der Waals surface area contributed by atoms with Crippen molar-refractivity contribution >= 4 is 0 Å². The minimum atomic E-state index is -0.0453. The van der Waals surface area contributed by atoms with Gasteiger partial charge in [-0.05, 0) is 24.9 Å². The quantitative estimate of drug-likeness (QED) is 0.790. The van der Waals surface area contributed by atoms with Crippen molar-refractivity contribution in [1.29, 1.82) is 0 Å². The van der Waals surface area contributed by atoms with Gasteiger partial charge in [0.25, 0.3) is 0 Å². The van der Waals surface area contributed by atoms with Crippen LogP contribution in [-0.2, 0) is 22.9 Å². The third-order valence-corrected chi connectivity index (χ3v) is 3.09. The van der Waals surface area contributed by atoms with Crippen LogP contribution in [0.5, 0.6) is 0 Å². The molecule has 1 aromatic rings. The lowest BCUT2D eigenvalue weighted by Crippen LogP contribution is -2.35. The summed E-state index contributed by atoms with van der Waals surface area (Å²) in [6, 6.07) is 0.386. The van der Waals surface area contributed by atoms with Crippen LogP contribution in [0, 0.1) is 0 Å². The Morgan fingerprint density at radius 2 is 2.28 bits per heavy atom. The van der Waals surface area contributed by atoms with Gasteiger partial charge >= 0.3 is 0 Å². The molecule has 1 N–H and O–H groups in total. The summed E-state index contributed by atoms with van der Waals surface area (Å²) >= 11 is 0. The van der Waals surface area contributed by atoms with E-state index in [1.54, 1.807) is 0 Å². The molecule has 1 aliphatic rings. The topological polar surface area (TPSA) is 48.3 Å². The summed E-state index contributed by atoms with van der Waals surface area (Å²) in [5.74, 6) is 0. The highest BCUT2D eigenvalue weighted by Gasteiger charge is 2.21. The molecule has 102 valence electrons. The van der Waals surface area contributed by atoms with E-state index in [2.05, 4.69) is 23.5 Å². The maximum Gasteiger partial charge on any atom is 0.159 e. The molecule has 1 aromatic heterocycles. The zero-order valence-corrected chi connectivity index (χ0v) is 11.3. The van der Waals surface area contributed by atoms with Crippen LogP contribution < -0.4 is 5.32 Å². The Morgan fingerprint density at radius 3 is 2.89 bits per heavy atom. The number of nitrogens with one attached hydrogen (secondary N) is 1. The van der Waals surface area contributed by atoms with Crippen molar-refractivity contribution in [3.8, 4) is 0 Å². The van der Waals surface area contributed by atoms with E-state index in [1.807, 2.05) is 17.9 Å². The average molecular weight is 253 g/mol. The summed E-state index contributed by atoms with van der Waals surface area (Å²) in [4.78, 5) is 0. The number of aromatic nitrogens is 2. The number of nitrogens with zero attached hydrogens (tertiary/aromatic N) is 2. The SMILES string of the molecule is CCCNC(Cc1cnn(C)c1)CC1OCCO1. The zero-order chi connectivity index (χ0) is 12.8. The van der Waals surface area contributed by atoms with Gasteiger partial charge in [0.1, 0.15) is 0 Å². The molecule has 1 saturated heterocycles. The molecule has 1 atom stereocenters. The maximum absolute atomic E-state index is 5.52. The summed E-state index contributed by atoms with van der Waals surface area (Å²) in [6.45, 7) is 4.64.